The molecule has 0 aliphatic rings. The summed E-state index contributed by atoms with van der Waals surface area (Å²) in [4.78, 5) is 11.4. The molecule has 0 saturated heterocycles. The van der Waals surface area contributed by atoms with E-state index in [-0.39, 0.29) is 5.69 Å². The van der Waals surface area contributed by atoms with Gasteiger partial charge in [0.15, 0.2) is 0 Å². The Balaban J connectivity index is 2.74. The molecule has 0 bridgehead atoms. The van der Waals surface area contributed by atoms with Gasteiger partial charge in [0, 0.05) is 4.90 Å². The first-order chi connectivity index (χ1) is 9.51. The third-order valence-corrected chi connectivity index (χ3v) is 3.78. The largest absolute Gasteiger partial charge is 0.313 e. The molecule has 0 amide bonds. The first kappa shape index (κ1) is 14.1. The summed E-state index contributed by atoms with van der Waals surface area (Å²) < 4.78 is 1.46. The Morgan fingerprint density at radius 3 is 2.65 bits per heavy atom. The van der Waals surface area contributed by atoms with Crippen LogP contribution in [-0.2, 0) is 0 Å². The molecule has 102 valence electrons. The Bertz CT molecular complexity index is 731. The Kier molecular flexibility index (Phi) is 3.77. The van der Waals surface area contributed by atoms with E-state index < -0.39 is 4.92 Å². The third-order valence-electron chi connectivity index (χ3n) is 3.00. The Labute approximate surface area is 120 Å². The molecule has 1 aromatic heterocycles. The zero-order valence-corrected chi connectivity index (χ0v) is 12.1. The van der Waals surface area contributed by atoms with Gasteiger partial charge in [-0.05, 0) is 32.2 Å². The van der Waals surface area contributed by atoms with Gasteiger partial charge in [0.2, 0.25) is 0 Å². The summed E-state index contributed by atoms with van der Waals surface area (Å²) in [6.07, 6.45) is 1.88. The van der Waals surface area contributed by atoms with Crippen LogP contribution in [0, 0.1) is 35.3 Å². The third kappa shape index (κ3) is 2.14. The highest BCUT2D eigenvalue weighted by molar-refractivity contribution is 7.98. The van der Waals surface area contributed by atoms with E-state index in [2.05, 4.69) is 11.2 Å². The van der Waals surface area contributed by atoms with Crippen LogP contribution in [0.5, 0.6) is 0 Å². The highest BCUT2D eigenvalue weighted by Crippen LogP contribution is 2.29. The number of aromatic nitrogens is 2. The summed E-state index contributed by atoms with van der Waals surface area (Å²) in [5.74, 6) is 0. The maximum Gasteiger partial charge on any atom is 0.313 e. The molecule has 0 spiro atoms. The lowest BCUT2D eigenvalue weighted by Gasteiger charge is -2.08. The van der Waals surface area contributed by atoms with Gasteiger partial charge in [0.05, 0.1) is 16.2 Å². The fourth-order valence-electron chi connectivity index (χ4n) is 2.11. The lowest BCUT2D eigenvalue weighted by Crippen LogP contribution is -2.03. The summed E-state index contributed by atoms with van der Waals surface area (Å²) in [7, 11) is 0. The number of hydrogen-bond donors (Lipinski definition) is 0. The molecule has 7 heteroatoms. The average Bonchev–Trinajstić information content (AvgIpc) is 2.72. The summed E-state index contributed by atoms with van der Waals surface area (Å²) in [5.41, 5.74) is 1.78. The number of benzene rings is 1. The molecule has 2 rings (SSSR count). The van der Waals surface area contributed by atoms with Gasteiger partial charge in [0.25, 0.3) is 0 Å². The fraction of sp³-hybridized carbons (Fsp3) is 0.231. The Hall–Kier alpha value is -2.33. The van der Waals surface area contributed by atoms with E-state index in [0.717, 1.165) is 4.90 Å². The zero-order valence-electron chi connectivity index (χ0n) is 11.2. The molecule has 1 aromatic carbocycles. The second-order valence-electron chi connectivity index (χ2n) is 4.15. The standard InChI is InChI=1S/C13H12N4O2S/c1-8-13(17(18)19)9(2)16(15-8)11-5-4-6-12(20-3)10(11)7-14/h4-6H,1-3H3. The number of nitriles is 1. The molecule has 0 radical (unpaired) electrons. The highest BCUT2D eigenvalue weighted by Gasteiger charge is 2.24. The molecule has 0 fully saturated rings. The molecular weight excluding hydrogens is 276 g/mol. The highest BCUT2D eigenvalue weighted by atomic mass is 32.2. The van der Waals surface area contributed by atoms with Crippen LogP contribution >= 0.6 is 11.8 Å². The van der Waals surface area contributed by atoms with Gasteiger partial charge in [-0.25, -0.2) is 4.68 Å². The van der Waals surface area contributed by atoms with Crippen molar-refractivity contribution >= 4 is 17.4 Å². The van der Waals surface area contributed by atoms with E-state index >= 15 is 0 Å². The van der Waals surface area contributed by atoms with E-state index in [0.29, 0.717) is 22.6 Å². The zero-order chi connectivity index (χ0) is 14.9. The second kappa shape index (κ2) is 5.35. The van der Waals surface area contributed by atoms with Gasteiger partial charge in [-0.15, -0.1) is 11.8 Å². The van der Waals surface area contributed by atoms with E-state index in [4.69, 9.17) is 0 Å². The second-order valence-corrected chi connectivity index (χ2v) is 5.00. The molecule has 0 N–H and O–H groups in total. The average molecular weight is 288 g/mol. The predicted molar refractivity (Wildman–Crippen MR) is 76.2 cm³/mol. The van der Waals surface area contributed by atoms with Crippen LogP contribution in [0.25, 0.3) is 5.69 Å². The van der Waals surface area contributed by atoms with E-state index in [1.54, 1.807) is 19.9 Å². The summed E-state index contributed by atoms with van der Waals surface area (Å²) in [6.45, 7) is 3.22. The van der Waals surface area contributed by atoms with Gasteiger partial charge in [0.1, 0.15) is 17.5 Å². The number of nitro groups is 1. The number of nitrogens with zero attached hydrogens (tertiary/aromatic N) is 4. The van der Waals surface area contributed by atoms with Gasteiger partial charge in [-0.2, -0.15) is 10.4 Å². The molecule has 6 nitrogen and oxygen atoms in total. The lowest BCUT2D eigenvalue weighted by atomic mass is 10.2. The molecule has 20 heavy (non-hydrogen) atoms. The van der Waals surface area contributed by atoms with Crippen LogP contribution in [0.4, 0.5) is 5.69 Å². The molecular formula is C13H12N4O2S. The maximum absolute atomic E-state index is 11.0. The summed E-state index contributed by atoms with van der Waals surface area (Å²) in [6, 6.07) is 7.53. The quantitative estimate of drug-likeness (QED) is 0.492. The van der Waals surface area contributed by atoms with Gasteiger partial charge >= 0.3 is 5.69 Å². The summed E-state index contributed by atoms with van der Waals surface area (Å²) in [5, 5.41) is 24.6. The molecule has 2 aromatic rings. The van der Waals surface area contributed by atoms with Crippen molar-refractivity contribution in [3.05, 3.63) is 45.3 Å². The molecule has 0 unspecified atom stereocenters. The normalized spacial score (nSPS) is 10.3. The first-order valence-electron chi connectivity index (χ1n) is 5.79. The minimum Gasteiger partial charge on any atom is -0.258 e. The minimum absolute atomic E-state index is 0.0107. The minimum atomic E-state index is -0.446. The molecule has 0 atom stereocenters. The Morgan fingerprint density at radius 2 is 2.15 bits per heavy atom. The van der Waals surface area contributed by atoms with Gasteiger partial charge < -0.3 is 0 Å². The van der Waals surface area contributed by atoms with Crippen molar-refractivity contribution in [3.8, 4) is 11.8 Å². The van der Waals surface area contributed by atoms with Crippen LogP contribution in [0.1, 0.15) is 17.0 Å². The maximum atomic E-state index is 11.0. The topological polar surface area (TPSA) is 84.8 Å². The van der Waals surface area contributed by atoms with Crippen molar-refractivity contribution in [1.82, 2.24) is 9.78 Å². The smallest absolute Gasteiger partial charge is 0.258 e. The van der Waals surface area contributed by atoms with Gasteiger partial charge in [-0.1, -0.05) is 6.07 Å². The fourth-order valence-corrected chi connectivity index (χ4v) is 2.68. The van der Waals surface area contributed by atoms with Crippen molar-refractivity contribution < 1.29 is 4.92 Å². The SMILES string of the molecule is CSc1cccc(-n2nc(C)c([N+](=O)[O-])c2C)c1C#N. The number of rotatable bonds is 3. The van der Waals surface area contributed by atoms with E-state index in [1.165, 1.54) is 16.4 Å². The van der Waals surface area contributed by atoms with E-state index in [1.807, 2.05) is 18.4 Å². The van der Waals surface area contributed by atoms with Crippen molar-refractivity contribution in [1.29, 1.82) is 5.26 Å². The van der Waals surface area contributed by atoms with Crippen LogP contribution in [0.15, 0.2) is 23.1 Å². The van der Waals surface area contributed by atoms with Crippen LogP contribution < -0.4 is 0 Å². The molecule has 0 aliphatic heterocycles. The van der Waals surface area contributed by atoms with Crippen molar-refractivity contribution in [2.24, 2.45) is 0 Å². The number of thioether (sulfide) groups is 1. The first-order valence-corrected chi connectivity index (χ1v) is 7.01. The molecule has 0 saturated carbocycles. The molecule has 1 heterocycles. The van der Waals surface area contributed by atoms with Crippen LogP contribution in [0.3, 0.4) is 0 Å². The Morgan fingerprint density at radius 1 is 1.45 bits per heavy atom. The van der Waals surface area contributed by atoms with Gasteiger partial charge in [-0.3, -0.25) is 10.1 Å². The van der Waals surface area contributed by atoms with Crippen molar-refractivity contribution in [3.63, 3.8) is 0 Å². The van der Waals surface area contributed by atoms with Crippen LogP contribution in [0.2, 0.25) is 0 Å². The monoisotopic (exact) mass is 288 g/mol. The van der Waals surface area contributed by atoms with Crippen molar-refractivity contribution in [2.45, 2.75) is 18.7 Å². The van der Waals surface area contributed by atoms with Crippen molar-refractivity contribution in [2.75, 3.05) is 6.26 Å². The van der Waals surface area contributed by atoms with Crippen LogP contribution in [-0.4, -0.2) is 21.0 Å². The molecule has 0 aliphatic carbocycles. The van der Waals surface area contributed by atoms with E-state index in [9.17, 15) is 15.4 Å². The lowest BCUT2D eigenvalue weighted by molar-refractivity contribution is -0.386. The predicted octanol–water partition coefficient (Wildman–Crippen LogP) is 2.99. The number of hydrogen-bond acceptors (Lipinski definition) is 5. The number of aryl methyl sites for hydroxylation is 1. The summed E-state index contributed by atoms with van der Waals surface area (Å²) >= 11 is 1.45.